The summed E-state index contributed by atoms with van der Waals surface area (Å²) in [6.07, 6.45) is 2.83. The van der Waals surface area contributed by atoms with Crippen LogP contribution in [-0.4, -0.2) is 27.4 Å². The summed E-state index contributed by atoms with van der Waals surface area (Å²) in [5.41, 5.74) is -0.117. The number of anilines is 1. The lowest BCUT2D eigenvalue weighted by Gasteiger charge is -2.48. The molecular formula is C11H17N3O2. The van der Waals surface area contributed by atoms with Crippen LogP contribution in [-0.2, 0) is 0 Å². The molecule has 1 aromatic rings. The molecule has 2 aliphatic carbocycles. The summed E-state index contributed by atoms with van der Waals surface area (Å²) in [7, 11) is 0. The van der Waals surface area contributed by atoms with Gasteiger partial charge in [-0.2, -0.15) is 0 Å². The van der Waals surface area contributed by atoms with E-state index in [9.17, 15) is 5.11 Å². The molecule has 0 bridgehead atoms. The minimum atomic E-state index is -0.240. The molecule has 0 amide bonds. The largest absolute Gasteiger partial charge is 0.408 e. The van der Waals surface area contributed by atoms with E-state index in [1.54, 1.807) is 0 Å². The zero-order valence-electron chi connectivity index (χ0n) is 9.60. The molecule has 2 saturated carbocycles. The Bertz CT molecular complexity index is 398. The Morgan fingerprint density at radius 3 is 2.69 bits per heavy atom. The van der Waals surface area contributed by atoms with E-state index in [-0.39, 0.29) is 17.6 Å². The number of nitrogens with one attached hydrogen (secondary N) is 1. The van der Waals surface area contributed by atoms with Crippen LogP contribution in [0.25, 0.3) is 0 Å². The summed E-state index contributed by atoms with van der Waals surface area (Å²) in [5, 5.41) is 20.8. The van der Waals surface area contributed by atoms with Gasteiger partial charge >= 0.3 is 6.01 Å². The lowest BCUT2D eigenvalue weighted by molar-refractivity contribution is -0.0517. The lowest BCUT2D eigenvalue weighted by Crippen LogP contribution is -2.56. The Kier molecular flexibility index (Phi) is 2.01. The van der Waals surface area contributed by atoms with Crippen LogP contribution in [0.4, 0.5) is 6.01 Å². The highest BCUT2D eigenvalue weighted by Crippen LogP contribution is 2.43. The van der Waals surface area contributed by atoms with Gasteiger partial charge in [-0.05, 0) is 19.3 Å². The third-order valence-corrected chi connectivity index (χ3v) is 3.88. The van der Waals surface area contributed by atoms with Crippen molar-refractivity contribution in [3.05, 3.63) is 5.89 Å². The van der Waals surface area contributed by atoms with Gasteiger partial charge in [-0.1, -0.05) is 18.9 Å². The van der Waals surface area contributed by atoms with Crippen molar-refractivity contribution >= 4 is 6.01 Å². The summed E-state index contributed by atoms with van der Waals surface area (Å²) in [6, 6.07) is 0.710. The molecule has 0 aromatic carbocycles. The zero-order valence-corrected chi connectivity index (χ0v) is 9.60. The van der Waals surface area contributed by atoms with Crippen molar-refractivity contribution in [1.82, 2.24) is 10.2 Å². The first-order valence-corrected chi connectivity index (χ1v) is 5.85. The van der Waals surface area contributed by atoms with Crippen molar-refractivity contribution in [1.29, 1.82) is 0 Å². The number of aliphatic hydroxyl groups is 1. The van der Waals surface area contributed by atoms with Gasteiger partial charge in [0.2, 0.25) is 5.89 Å². The predicted molar refractivity (Wildman–Crippen MR) is 58.1 cm³/mol. The Morgan fingerprint density at radius 2 is 2.12 bits per heavy atom. The van der Waals surface area contributed by atoms with E-state index in [1.165, 1.54) is 0 Å². The molecule has 3 rings (SSSR count). The maximum absolute atomic E-state index is 9.62. The number of aromatic nitrogens is 2. The summed E-state index contributed by atoms with van der Waals surface area (Å²) in [5.74, 6) is 1.24. The Hall–Kier alpha value is -1.10. The van der Waals surface area contributed by atoms with Gasteiger partial charge in [-0.3, -0.25) is 0 Å². The van der Waals surface area contributed by atoms with Crippen molar-refractivity contribution in [2.75, 3.05) is 5.32 Å². The molecule has 5 nitrogen and oxygen atoms in total. The number of rotatable bonds is 3. The lowest BCUT2D eigenvalue weighted by atomic mass is 9.65. The quantitative estimate of drug-likeness (QED) is 0.813. The molecule has 2 atom stereocenters. The molecule has 88 valence electrons. The van der Waals surface area contributed by atoms with Crippen molar-refractivity contribution in [2.45, 2.75) is 51.2 Å². The van der Waals surface area contributed by atoms with E-state index in [2.05, 4.69) is 15.5 Å². The van der Waals surface area contributed by atoms with Crippen LogP contribution in [0.3, 0.4) is 0 Å². The summed E-state index contributed by atoms with van der Waals surface area (Å²) < 4.78 is 5.53. The third-order valence-electron chi connectivity index (χ3n) is 3.88. The summed E-state index contributed by atoms with van der Waals surface area (Å²) >= 11 is 0. The van der Waals surface area contributed by atoms with Crippen molar-refractivity contribution < 1.29 is 9.52 Å². The molecule has 2 N–H and O–H groups in total. The number of nitrogens with zero attached hydrogens (tertiary/aromatic N) is 2. The fraction of sp³-hybridized carbons (Fsp3) is 0.818. The van der Waals surface area contributed by atoms with E-state index in [4.69, 9.17) is 4.42 Å². The van der Waals surface area contributed by atoms with Gasteiger partial charge in [0.25, 0.3) is 0 Å². The van der Waals surface area contributed by atoms with Crippen LogP contribution in [0.15, 0.2) is 4.42 Å². The molecular weight excluding hydrogens is 206 g/mol. The predicted octanol–water partition coefficient (Wildman–Crippen LogP) is 1.52. The van der Waals surface area contributed by atoms with Crippen LogP contribution < -0.4 is 5.32 Å². The Labute approximate surface area is 94.3 Å². The second kappa shape index (κ2) is 3.20. The second-order valence-corrected chi connectivity index (χ2v) is 5.49. The zero-order chi connectivity index (χ0) is 11.3. The molecule has 5 heteroatoms. The van der Waals surface area contributed by atoms with Gasteiger partial charge < -0.3 is 14.8 Å². The fourth-order valence-electron chi connectivity index (χ4n) is 2.08. The van der Waals surface area contributed by atoms with Crippen molar-refractivity contribution in [3.63, 3.8) is 0 Å². The second-order valence-electron chi connectivity index (χ2n) is 5.49. The first-order chi connectivity index (χ1) is 7.57. The average molecular weight is 223 g/mol. The Balaban J connectivity index is 1.65. The van der Waals surface area contributed by atoms with Gasteiger partial charge in [0.1, 0.15) is 0 Å². The van der Waals surface area contributed by atoms with Crippen molar-refractivity contribution in [2.24, 2.45) is 5.41 Å². The van der Waals surface area contributed by atoms with Gasteiger partial charge in [0.05, 0.1) is 6.10 Å². The Morgan fingerprint density at radius 1 is 1.38 bits per heavy atom. The van der Waals surface area contributed by atoms with Gasteiger partial charge in [-0.25, -0.2) is 0 Å². The average Bonchev–Trinajstić information content (AvgIpc) is 2.99. The normalized spacial score (nSPS) is 32.2. The first-order valence-electron chi connectivity index (χ1n) is 5.85. The first kappa shape index (κ1) is 10.1. The van der Waals surface area contributed by atoms with E-state index < -0.39 is 0 Å². The van der Waals surface area contributed by atoms with E-state index in [0.29, 0.717) is 11.9 Å². The van der Waals surface area contributed by atoms with Crippen LogP contribution in [0.2, 0.25) is 0 Å². The summed E-state index contributed by atoms with van der Waals surface area (Å²) in [6.45, 7) is 4.08. The molecule has 0 saturated heterocycles. The van der Waals surface area contributed by atoms with E-state index >= 15 is 0 Å². The number of hydrogen-bond donors (Lipinski definition) is 2. The smallest absolute Gasteiger partial charge is 0.315 e. The summed E-state index contributed by atoms with van der Waals surface area (Å²) in [4.78, 5) is 0. The van der Waals surface area contributed by atoms with E-state index in [0.717, 1.165) is 25.2 Å². The molecule has 0 spiro atoms. The van der Waals surface area contributed by atoms with Gasteiger partial charge in [0, 0.05) is 17.4 Å². The molecule has 0 aliphatic heterocycles. The maximum Gasteiger partial charge on any atom is 0.315 e. The molecule has 2 aliphatic rings. The molecule has 2 unspecified atom stereocenters. The molecule has 2 fully saturated rings. The molecule has 0 radical (unpaired) electrons. The highest BCUT2D eigenvalue weighted by molar-refractivity contribution is 5.26. The highest BCUT2D eigenvalue weighted by Gasteiger charge is 2.48. The van der Waals surface area contributed by atoms with Gasteiger partial charge in [-0.15, -0.1) is 5.10 Å². The van der Waals surface area contributed by atoms with Crippen LogP contribution in [0.5, 0.6) is 0 Å². The third kappa shape index (κ3) is 1.50. The SMILES string of the molecule is CC1(C)C(O)CC1Nc1nnc(C2CC2)o1. The van der Waals surface area contributed by atoms with Crippen LogP contribution >= 0.6 is 0 Å². The highest BCUT2D eigenvalue weighted by atomic mass is 16.4. The maximum atomic E-state index is 9.62. The number of hydrogen-bond acceptors (Lipinski definition) is 5. The van der Waals surface area contributed by atoms with Crippen molar-refractivity contribution in [3.8, 4) is 0 Å². The minimum absolute atomic E-state index is 0.117. The van der Waals surface area contributed by atoms with Gasteiger partial charge in [0.15, 0.2) is 0 Å². The molecule has 1 heterocycles. The fourth-order valence-corrected chi connectivity index (χ4v) is 2.08. The topological polar surface area (TPSA) is 71.2 Å². The standard InChI is InChI=1S/C11H17N3O2/c1-11(2)7(5-8(11)15)12-10-14-13-9(16-10)6-3-4-6/h6-8,15H,3-5H2,1-2H3,(H,12,14). The van der Waals surface area contributed by atoms with E-state index in [1.807, 2.05) is 13.8 Å². The monoisotopic (exact) mass is 223 g/mol. The molecule has 16 heavy (non-hydrogen) atoms. The minimum Gasteiger partial charge on any atom is -0.408 e. The molecule has 1 aromatic heterocycles. The van der Waals surface area contributed by atoms with Crippen LogP contribution in [0, 0.1) is 5.41 Å². The van der Waals surface area contributed by atoms with Crippen LogP contribution in [0.1, 0.15) is 44.9 Å². The number of aliphatic hydroxyl groups excluding tert-OH is 1.